The van der Waals surface area contributed by atoms with Crippen molar-refractivity contribution in [1.29, 1.82) is 5.41 Å². The third kappa shape index (κ3) is 5.71. The zero-order chi connectivity index (χ0) is 24.8. The molecular weight excluding hydrogens is 448 g/mol. The van der Waals surface area contributed by atoms with E-state index < -0.39 is 11.7 Å². The highest BCUT2D eigenvalue weighted by Crippen LogP contribution is 2.28. The van der Waals surface area contributed by atoms with E-state index in [1.165, 1.54) is 0 Å². The van der Waals surface area contributed by atoms with E-state index in [1.54, 1.807) is 37.7 Å². The maximum absolute atomic E-state index is 12.7. The van der Waals surface area contributed by atoms with E-state index in [0.717, 1.165) is 21.5 Å². The first kappa shape index (κ1) is 23.6. The molecule has 4 rings (SSSR count). The van der Waals surface area contributed by atoms with Crippen LogP contribution >= 0.6 is 0 Å². The molecule has 0 saturated heterocycles. The Morgan fingerprint density at radius 2 is 1.91 bits per heavy atom. The first-order valence-corrected chi connectivity index (χ1v) is 10.9. The summed E-state index contributed by atoms with van der Waals surface area (Å²) >= 11 is 0. The highest BCUT2D eigenvalue weighted by Gasteiger charge is 2.22. The van der Waals surface area contributed by atoms with E-state index in [1.807, 2.05) is 37.3 Å². The normalized spacial score (nSPS) is 11.7. The van der Waals surface area contributed by atoms with E-state index in [2.05, 4.69) is 25.4 Å². The fraction of sp³-hybridized carbons (Fsp3) is 0.208. The lowest BCUT2D eigenvalue weighted by Gasteiger charge is -2.20. The van der Waals surface area contributed by atoms with Gasteiger partial charge in [-0.1, -0.05) is 6.07 Å². The summed E-state index contributed by atoms with van der Waals surface area (Å²) in [4.78, 5) is 23.8. The molecule has 0 aliphatic rings. The Bertz CT molecular complexity index is 1350. The maximum Gasteiger partial charge on any atom is 0.350 e. The largest absolute Gasteiger partial charge is 0.491 e. The molecule has 180 valence electrons. The van der Waals surface area contributed by atoms with Crippen LogP contribution in [0, 0.1) is 12.3 Å². The molecule has 4 aromatic rings. The standard InChI is InChI=1S/C24H26N8O3/c1-15-12-17(14-19(13-15)35-11-10-34-2)20(29-18-6-4-16(5-7-18)21(25)26)22-30-24(33)32(31-22)23-27-8-3-9-28-23/h3-9,12-14,20,29H,10-11H2,1-2H3,(H3,25,26)(H,30,31,33). The van der Waals surface area contributed by atoms with Gasteiger partial charge in [-0.25, -0.2) is 14.8 Å². The molecule has 11 heteroatoms. The van der Waals surface area contributed by atoms with Gasteiger partial charge >= 0.3 is 5.69 Å². The number of nitrogens with two attached hydrogens (primary N) is 1. The number of aryl methyl sites for hydroxylation is 1. The first-order chi connectivity index (χ1) is 16.9. The number of nitrogen functional groups attached to an aromatic ring is 1. The SMILES string of the molecule is COCCOc1cc(C)cc(C(Nc2ccc(C(=N)N)cc2)c2nn(-c3ncccn3)c(=O)[nH]2)c1. The Kier molecular flexibility index (Phi) is 7.17. The molecule has 0 amide bonds. The molecule has 5 N–H and O–H groups in total. The van der Waals surface area contributed by atoms with Crippen LogP contribution < -0.4 is 21.5 Å². The summed E-state index contributed by atoms with van der Waals surface area (Å²) in [5.41, 5.74) is 8.27. The molecule has 1 unspecified atom stereocenters. The molecule has 0 aliphatic carbocycles. The van der Waals surface area contributed by atoms with Gasteiger partial charge in [0.1, 0.15) is 24.2 Å². The molecule has 2 aromatic heterocycles. The first-order valence-electron chi connectivity index (χ1n) is 10.9. The molecule has 0 fully saturated rings. The van der Waals surface area contributed by atoms with Gasteiger partial charge in [0, 0.05) is 30.8 Å². The third-order valence-corrected chi connectivity index (χ3v) is 5.12. The number of nitrogens with one attached hydrogen (secondary N) is 3. The molecule has 2 heterocycles. The monoisotopic (exact) mass is 474 g/mol. The number of ether oxygens (including phenoxy) is 2. The number of hydrogen-bond donors (Lipinski definition) is 4. The van der Waals surface area contributed by atoms with Crippen molar-refractivity contribution in [1.82, 2.24) is 24.7 Å². The second-order valence-electron chi connectivity index (χ2n) is 7.77. The topological polar surface area (TPSA) is 157 Å². The van der Waals surface area contributed by atoms with Gasteiger partial charge in [-0.05, 0) is 60.5 Å². The number of nitrogens with zero attached hydrogens (tertiary/aromatic N) is 4. The van der Waals surface area contributed by atoms with Crippen molar-refractivity contribution in [2.24, 2.45) is 5.73 Å². The van der Waals surface area contributed by atoms with Crippen LogP contribution in [0.15, 0.2) is 65.7 Å². The Balaban J connectivity index is 1.75. The van der Waals surface area contributed by atoms with Gasteiger partial charge in [0.25, 0.3) is 5.95 Å². The van der Waals surface area contributed by atoms with E-state index in [9.17, 15) is 4.79 Å². The fourth-order valence-corrected chi connectivity index (χ4v) is 3.50. The molecule has 0 aliphatic heterocycles. The second kappa shape index (κ2) is 10.6. The van der Waals surface area contributed by atoms with E-state index in [4.69, 9.17) is 20.6 Å². The summed E-state index contributed by atoms with van der Waals surface area (Å²) in [5, 5.41) is 15.5. The Morgan fingerprint density at radius 1 is 1.17 bits per heavy atom. The Labute approximate surface area is 201 Å². The summed E-state index contributed by atoms with van der Waals surface area (Å²) in [6.07, 6.45) is 3.08. The van der Waals surface area contributed by atoms with Crippen molar-refractivity contribution in [3.05, 3.63) is 93.9 Å². The average Bonchev–Trinajstić information content (AvgIpc) is 3.24. The van der Waals surface area contributed by atoms with E-state index in [0.29, 0.717) is 30.4 Å². The number of methoxy groups -OCH3 is 1. The van der Waals surface area contributed by atoms with Crippen molar-refractivity contribution in [2.45, 2.75) is 13.0 Å². The molecule has 0 spiro atoms. The van der Waals surface area contributed by atoms with Crippen molar-refractivity contribution in [3.63, 3.8) is 0 Å². The Hall–Kier alpha value is -4.51. The van der Waals surface area contributed by atoms with Gasteiger partial charge in [-0.3, -0.25) is 10.4 Å². The number of anilines is 1. The quantitative estimate of drug-likeness (QED) is 0.155. The molecule has 0 bridgehead atoms. The van der Waals surface area contributed by atoms with Crippen LogP contribution in [0.2, 0.25) is 0 Å². The zero-order valence-electron chi connectivity index (χ0n) is 19.4. The summed E-state index contributed by atoms with van der Waals surface area (Å²) in [6.45, 7) is 2.83. The summed E-state index contributed by atoms with van der Waals surface area (Å²) in [5.74, 6) is 1.18. The average molecular weight is 475 g/mol. The second-order valence-corrected chi connectivity index (χ2v) is 7.77. The van der Waals surface area contributed by atoms with Gasteiger partial charge in [0.05, 0.1) is 6.61 Å². The van der Waals surface area contributed by atoms with Crippen LogP contribution in [0.4, 0.5) is 5.69 Å². The van der Waals surface area contributed by atoms with Gasteiger partial charge in [0.15, 0.2) is 5.82 Å². The molecule has 0 radical (unpaired) electrons. The predicted octanol–water partition coefficient (Wildman–Crippen LogP) is 2.17. The number of hydrogen-bond acceptors (Lipinski definition) is 8. The van der Waals surface area contributed by atoms with Crippen molar-refractivity contribution < 1.29 is 9.47 Å². The number of H-pyrrole nitrogens is 1. The summed E-state index contributed by atoms with van der Waals surface area (Å²) < 4.78 is 12.0. The lowest BCUT2D eigenvalue weighted by atomic mass is 10.0. The predicted molar refractivity (Wildman–Crippen MR) is 131 cm³/mol. The minimum absolute atomic E-state index is 0.0180. The minimum atomic E-state index is -0.541. The van der Waals surface area contributed by atoms with Gasteiger partial charge in [-0.2, -0.15) is 0 Å². The number of aromatic amines is 1. The number of aromatic nitrogens is 5. The highest BCUT2D eigenvalue weighted by atomic mass is 16.5. The smallest absolute Gasteiger partial charge is 0.350 e. The molecule has 1 atom stereocenters. The highest BCUT2D eigenvalue weighted by molar-refractivity contribution is 5.95. The van der Waals surface area contributed by atoms with E-state index in [-0.39, 0.29) is 11.8 Å². The molecule has 0 saturated carbocycles. The number of benzene rings is 2. The maximum atomic E-state index is 12.7. The number of rotatable bonds is 10. The summed E-state index contributed by atoms with van der Waals surface area (Å²) in [7, 11) is 1.62. The van der Waals surface area contributed by atoms with Crippen LogP contribution in [0.5, 0.6) is 5.75 Å². The molecule has 11 nitrogen and oxygen atoms in total. The molecular formula is C24H26N8O3. The number of amidine groups is 1. The van der Waals surface area contributed by atoms with Crippen molar-refractivity contribution in [3.8, 4) is 11.7 Å². The van der Waals surface area contributed by atoms with Crippen molar-refractivity contribution >= 4 is 11.5 Å². The lowest BCUT2D eigenvalue weighted by molar-refractivity contribution is 0.146. The van der Waals surface area contributed by atoms with Crippen LogP contribution in [-0.2, 0) is 4.74 Å². The van der Waals surface area contributed by atoms with Crippen LogP contribution in [0.3, 0.4) is 0 Å². The molecule has 35 heavy (non-hydrogen) atoms. The van der Waals surface area contributed by atoms with Crippen LogP contribution in [0.1, 0.15) is 28.6 Å². The van der Waals surface area contributed by atoms with Gasteiger partial charge < -0.3 is 20.5 Å². The molecule has 2 aromatic carbocycles. The van der Waals surface area contributed by atoms with Gasteiger partial charge in [-0.15, -0.1) is 9.78 Å². The third-order valence-electron chi connectivity index (χ3n) is 5.12. The Morgan fingerprint density at radius 3 is 2.60 bits per heavy atom. The fourth-order valence-electron chi connectivity index (χ4n) is 3.50. The minimum Gasteiger partial charge on any atom is -0.491 e. The summed E-state index contributed by atoms with van der Waals surface area (Å²) in [6, 6.07) is 14.0. The van der Waals surface area contributed by atoms with Crippen LogP contribution in [-0.4, -0.2) is 50.9 Å². The van der Waals surface area contributed by atoms with Crippen LogP contribution in [0.25, 0.3) is 5.95 Å². The lowest BCUT2D eigenvalue weighted by Crippen LogP contribution is -2.18. The van der Waals surface area contributed by atoms with E-state index >= 15 is 0 Å². The van der Waals surface area contributed by atoms with Crippen molar-refractivity contribution in [2.75, 3.05) is 25.6 Å². The van der Waals surface area contributed by atoms with Gasteiger partial charge in [0.2, 0.25) is 0 Å². The zero-order valence-corrected chi connectivity index (χ0v) is 19.4.